The van der Waals surface area contributed by atoms with E-state index in [1.807, 2.05) is 0 Å². The molecule has 2 N–H and O–H groups in total. The summed E-state index contributed by atoms with van der Waals surface area (Å²) in [5.41, 5.74) is 0.438. The van der Waals surface area contributed by atoms with E-state index >= 15 is 0 Å². The Labute approximate surface area is 102 Å². The topological polar surface area (TPSA) is 75.1 Å². The van der Waals surface area contributed by atoms with E-state index in [4.69, 9.17) is 0 Å². The minimum Gasteiger partial charge on any atom is -0.506 e. The molecule has 0 bridgehead atoms. The molecule has 0 aliphatic heterocycles. The number of aryl methyl sites for hydroxylation is 1. The summed E-state index contributed by atoms with van der Waals surface area (Å²) in [5, 5.41) is 11.7. The molecule has 1 aromatic heterocycles. The number of hydrogen-bond donors (Lipinski definition) is 2. The molecule has 0 saturated heterocycles. The van der Waals surface area contributed by atoms with Crippen molar-refractivity contribution in [2.45, 2.75) is 6.92 Å². The molecule has 5 nitrogen and oxygen atoms in total. The smallest absolute Gasteiger partial charge is 0.276 e. The van der Waals surface area contributed by atoms with Gasteiger partial charge in [0.2, 0.25) is 0 Å². The number of phenolic OH excluding ortho intramolecular Hbond substituents is 1. The number of carbonyl (C=O) groups excluding carboxylic acids is 1. The molecule has 6 heteroatoms. The Morgan fingerprint density at radius 3 is 2.72 bits per heavy atom. The summed E-state index contributed by atoms with van der Waals surface area (Å²) < 4.78 is 13.4. The maximum absolute atomic E-state index is 13.4. The zero-order valence-electron chi connectivity index (χ0n) is 9.51. The van der Waals surface area contributed by atoms with Gasteiger partial charge >= 0.3 is 0 Å². The number of amides is 1. The summed E-state index contributed by atoms with van der Waals surface area (Å²) in [6, 6.07) is 3.75. The molecule has 0 saturated carbocycles. The highest BCUT2D eigenvalue weighted by Gasteiger charge is 2.13. The fraction of sp³-hybridized carbons (Fsp3) is 0.0833. The highest BCUT2D eigenvalue weighted by Crippen LogP contribution is 2.25. The molecule has 2 rings (SSSR count). The first-order valence-electron chi connectivity index (χ1n) is 5.15. The van der Waals surface area contributed by atoms with Crippen LogP contribution in [0, 0.1) is 12.7 Å². The highest BCUT2D eigenvalue weighted by molar-refractivity contribution is 6.03. The van der Waals surface area contributed by atoms with Gasteiger partial charge in [-0.25, -0.2) is 9.37 Å². The maximum atomic E-state index is 13.4. The predicted molar refractivity (Wildman–Crippen MR) is 62.8 cm³/mol. The lowest BCUT2D eigenvalue weighted by Gasteiger charge is -2.07. The Bertz CT molecular complexity index is 564. The van der Waals surface area contributed by atoms with Crippen molar-refractivity contribution in [3.63, 3.8) is 0 Å². The molecule has 1 heterocycles. The van der Waals surface area contributed by atoms with Gasteiger partial charge in [0.1, 0.15) is 17.1 Å². The van der Waals surface area contributed by atoms with Crippen molar-refractivity contribution < 1.29 is 14.3 Å². The zero-order valence-corrected chi connectivity index (χ0v) is 9.51. The van der Waals surface area contributed by atoms with Crippen LogP contribution in [0.2, 0.25) is 0 Å². The SMILES string of the molecule is Cc1cnc(C(=O)Nc2c(O)cccc2F)cn1. The Morgan fingerprint density at radius 2 is 2.11 bits per heavy atom. The van der Waals surface area contributed by atoms with Crippen LogP contribution in [0.4, 0.5) is 10.1 Å². The van der Waals surface area contributed by atoms with Crippen LogP contribution in [0.15, 0.2) is 30.6 Å². The second-order valence-corrected chi connectivity index (χ2v) is 3.63. The molecule has 0 aliphatic carbocycles. The zero-order chi connectivity index (χ0) is 13.1. The average molecular weight is 247 g/mol. The largest absolute Gasteiger partial charge is 0.506 e. The fourth-order valence-electron chi connectivity index (χ4n) is 1.32. The van der Waals surface area contributed by atoms with Crippen LogP contribution in [0.1, 0.15) is 16.2 Å². The van der Waals surface area contributed by atoms with Gasteiger partial charge < -0.3 is 10.4 Å². The lowest BCUT2D eigenvalue weighted by molar-refractivity contribution is 0.102. The Morgan fingerprint density at radius 1 is 1.33 bits per heavy atom. The van der Waals surface area contributed by atoms with Crippen molar-refractivity contribution in [3.8, 4) is 5.75 Å². The van der Waals surface area contributed by atoms with E-state index in [1.54, 1.807) is 6.92 Å². The molecule has 2 aromatic rings. The number of phenols is 1. The number of para-hydroxylation sites is 1. The molecule has 0 unspecified atom stereocenters. The van der Waals surface area contributed by atoms with E-state index < -0.39 is 11.7 Å². The lowest BCUT2D eigenvalue weighted by Crippen LogP contribution is -2.15. The molecule has 18 heavy (non-hydrogen) atoms. The summed E-state index contributed by atoms with van der Waals surface area (Å²) in [6.07, 6.45) is 2.71. The number of nitrogens with one attached hydrogen (secondary N) is 1. The number of aromatic hydroxyl groups is 1. The molecular weight excluding hydrogens is 237 g/mol. The quantitative estimate of drug-likeness (QED) is 0.794. The number of halogens is 1. The number of hydrogen-bond acceptors (Lipinski definition) is 4. The third kappa shape index (κ3) is 2.42. The number of aromatic nitrogens is 2. The van der Waals surface area contributed by atoms with Gasteiger partial charge in [-0.1, -0.05) is 6.07 Å². The summed E-state index contributed by atoms with van der Waals surface area (Å²) in [5.74, 6) is -1.70. The minimum absolute atomic E-state index is 0.0447. The van der Waals surface area contributed by atoms with Crippen LogP contribution in [-0.2, 0) is 0 Å². The number of nitrogens with zero attached hydrogens (tertiary/aromatic N) is 2. The molecule has 1 amide bonds. The predicted octanol–water partition coefficient (Wildman–Crippen LogP) is 1.88. The number of rotatable bonds is 2. The average Bonchev–Trinajstić information content (AvgIpc) is 2.34. The number of benzene rings is 1. The molecule has 1 aromatic carbocycles. The van der Waals surface area contributed by atoms with Crippen LogP contribution in [0.25, 0.3) is 0 Å². The summed E-state index contributed by atoms with van der Waals surface area (Å²) >= 11 is 0. The van der Waals surface area contributed by atoms with Gasteiger partial charge in [-0.3, -0.25) is 9.78 Å². The van der Waals surface area contributed by atoms with Crippen LogP contribution >= 0.6 is 0 Å². The maximum Gasteiger partial charge on any atom is 0.276 e. The van der Waals surface area contributed by atoms with E-state index in [2.05, 4.69) is 15.3 Å². The van der Waals surface area contributed by atoms with E-state index in [1.165, 1.54) is 24.5 Å². The van der Waals surface area contributed by atoms with E-state index in [-0.39, 0.29) is 17.1 Å². The Balaban J connectivity index is 2.24. The van der Waals surface area contributed by atoms with Gasteiger partial charge in [0, 0.05) is 6.20 Å². The van der Waals surface area contributed by atoms with Crippen LogP contribution < -0.4 is 5.32 Å². The van der Waals surface area contributed by atoms with Crippen molar-refractivity contribution in [3.05, 3.63) is 47.8 Å². The third-order valence-corrected chi connectivity index (χ3v) is 2.24. The Kier molecular flexibility index (Phi) is 3.18. The highest BCUT2D eigenvalue weighted by atomic mass is 19.1. The first-order chi connectivity index (χ1) is 8.58. The Hall–Kier alpha value is -2.50. The van der Waals surface area contributed by atoms with E-state index in [9.17, 15) is 14.3 Å². The molecule has 0 aliphatic rings. The second kappa shape index (κ2) is 4.79. The fourth-order valence-corrected chi connectivity index (χ4v) is 1.32. The number of anilines is 1. The molecule has 0 radical (unpaired) electrons. The van der Waals surface area contributed by atoms with Gasteiger partial charge in [-0.2, -0.15) is 0 Å². The first kappa shape index (κ1) is 12.0. The van der Waals surface area contributed by atoms with Crippen molar-refractivity contribution in [1.82, 2.24) is 9.97 Å². The molecule has 0 atom stereocenters. The third-order valence-electron chi connectivity index (χ3n) is 2.24. The van der Waals surface area contributed by atoms with Gasteiger partial charge in [0.05, 0.1) is 11.9 Å². The first-order valence-corrected chi connectivity index (χ1v) is 5.15. The van der Waals surface area contributed by atoms with E-state index in [0.717, 1.165) is 6.07 Å². The summed E-state index contributed by atoms with van der Waals surface area (Å²) in [6.45, 7) is 1.73. The second-order valence-electron chi connectivity index (χ2n) is 3.63. The molecule has 92 valence electrons. The normalized spacial score (nSPS) is 10.1. The minimum atomic E-state index is -0.719. The summed E-state index contributed by atoms with van der Waals surface area (Å²) in [4.78, 5) is 19.5. The van der Waals surface area contributed by atoms with Crippen molar-refractivity contribution in [2.24, 2.45) is 0 Å². The molecule has 0 fully saturated rings. The van der Waals surface area contributed by atoms with Crippen LogP contribution in [0.3, 0.4) is 0 Å². The van der Waals surface area contributed by atoms with Gasteiger partial charge in [0.25, 0.3) is 5.91 Å². The van der Waals surface area contributed by atoms with Crippen LogP contribution in [-0.4, -0.2) is 21.0 Å². The summed E-state index contributed by atoms with van der Waals surface area (Å²) in [7, 11) is 0. The lowest BCUT2D eigenvalue weighted by atomic mass is 10.2. The van der Waals surface area contributed by atoms with Crippen LogP contribution in [0.5, 0.6) is 5.75 Å². The standard InChI is InChI=1S/C12H10FN3O2/c1-7-5-15-9(6-14-7)12(18)16-11-8(13)3-2-4-10(11)17/h2-6,17H,1H3,(H,16,18). The van der Waals surface area contributed by atoms with Crippen molar-refractivity contribution in [1.29, 1.82) is 0 Å². The monoisotopic (exact) mass is 247 g/mol. The van der Waals surface area contributed by atoms with Gasteiger partial charge in [-0.15, -0.1) is 0 Å². The van der Waals surface area contributed by atoms with Crippen molar-refractivity contribution in [2.75, 3.05) is 5.32 Å². The van der Waals surface area contributed by atoms with Gasteiger partial charge in [0.15, 0.2) is 5.82 Å². The molecular formula is C12H10FN3O2. The van der Waals surface area contributed by atoms with E-state index in [0.29, 0.717) is 5.69 Å². The number of carbonyl (C=O) groups is 1. The molecule has 0 spiro atoms. The van der Waals surface area contributed by atoms with Crippen molar-refractivity contribution >= 4 is 11.6 Å². The van der Waals surface area contributed by atoms with Gasteiger partial charge in [-0.05, 0) is 19.1 Å².